The molecule has 112 valence electrons. The van der Waals surface area contributed by atoms with E-state index in [-0.39, 0.29) is 13.2 Å². The Bertz CT molecular complexity index is 495. The van der Waals surface area contributed by atoms with Gasteiger partial charge in [0.05, 0.1) is 20.3 Å². The number of methoxy groups -OCH3 is 1. The lowest BCUT2D eigenvalue weighted by molar-refractivity contribution is -0.140. The van der Waals surface area contributed by atoms with Gasteiger partial charge in [-0.3, -0.25) is 9.36 Å². The van der Waals surface area contributed by atoms with Crippen molar-refractivity contribution in [3.8, 4) is 0 Å². The SMILES string of the molecule is CCOP(=O)(OCC)C(C(=O)OC)c1cccc(Br)c1. The third-order valence-electron chi connectivity index (χ3n) is 2.52. The number of hydrogen-bond acceptors (Lipinski definition) is 5. The van der Waals surface area contributed by atoms with Crippen LogP contribution >= 0.6 is 23.5 Å². The number of halogens is 1. The second-order valence-corrected chi connectivity index (χ2v) is 6.88. The van der Waals surface area contributed by atoms with E-state index >= 15 is 0 Å². The van der Waals surface area contributed by atoms with Crippen molar-refractivity contribution in [2.75, 3.05) is 20.3 Å². The van der Waals surface area contributed by atoms with Gasteiger partial charge in [0.15, 0.2) is 5.66 Å². The molecule has 0 bridgehead atoms. The maximum absolute atomic E-state index is 12.9. The van der Waals surface area contributed by atoms with Gasteiger partial charge >= 0.3 is 13.6 Å². The zero-order valence-electron chi connectivity index (χ0n) is 11.7. The van der Waals surface area contributed by atoms with Gasteiger partial charge in [0.2, 0.25) is 0 Å². The molecule has 0 amide bonds. The highest BCUT2D eigenvalue weighted by Gasteiger charge is 2.43. The fraction of sp³-hybridized carbons (Fsp3) is 0.462. The highest BCUT2D eigenvalue weighted by Crippen LogP contribution is 2.61. The number of carbonyl (C=O) groups is 1. The number of ether oxygens (including phenoxy) is 1. The summed E-state index contributed by atoms with van der Waals surface area (Å²) < 4.78 is 28.9. The van der Waals surface area contributed by atoms with E-state index in [0.717, 1.165) is 4.47 Å². The number of rotatable bonds is 7. The van der Waals surface area contributed by atoms with Gasteiger partial charge in [-0.2, -0.15) is 0 Å². The van der Waals surface area contributed by atoms with Crippen molar-refractivity contribution in [2.45, 2.75) is 19.5 Å². The number of hydrogen-bond donors (Lipinski definition) is 0. The van der Waals surface area contributed by atoms with E-state index in [4.69, 9.17) is 13.8 Å². The average Bonchev–Trinajstić information content (AvgIpc) is 2.39. The molecule has 0 radical (unpaired) electrons. The molecule has 0 aliphatic carbocycles. The quantitative estimate of drug-likeness (QED) is 0.541. The fourth-order valence-electron chi connectivity index (χ4n) is 1.78. The monoisotopic (exact) mass is 364 g/mol. The van der Waals surface area contributed by atoms with Crippen LogP contribution in [-0.4, -0.2) is 26.3 Å². The van der Waals surface area contributed by atoms with Crippen molar-refractivity contribution < 1.29 is 23.1 Å². The maximum Gasteiger partial charge on any atom is 0.349 e. The molecule has 5 nitrogen and oxygen atoms in total. The summed E-state index contributed by atoms with van der Waals surface area (Å²) in [6.07, 6.45) is 0. The molecule has 0 saturated carbocycles. The molecule has 1 unspecified atom stereocenters. The molecule has 0 N–H and O–H groups in total. The molecule has 0 aromatic heterocycles. The minimum absolute atomic E-state index is 0.179. The Balaban J connectivity index is 3.30. The summed E-state index contributed by atoms with van der Waals surface area (Å²) in [6.45, 7) is 3.75. The predicted octanol–water partition coefficient (Wildman–Crippen LogP) is 3.93. The predicted molar refractivity (Wildman–Crippen MR) is 79.8 cm³/mol. The Morgan fingerprint density at radius 2 is 1.90 bits per heavy atom. The van der Waals surface area contributed by atoms with Crippen LogP contribution < -0.4 is 0 Å². The lowest BCUT2D eigenvalue weighted by Crippen LogP contribution is -2.17. The Morgan fingerprint density at radius 3 is 2.35 bits per heavy atom. The summed E-state index contributed by atoms with van der Waals surface area (Å²) in [6, 6.07) is 6.95. The topological polar surface area (TPSA) is 61.8 Å². The summed E-state index contributed by atoms with van der Waals surface area (Å²) in [5.41, 5.74) is -0.568. The van der Waals surface area contributed by atoms with Gasteiger partial charge in [-0.05, 0) is 31.5 Å². The Labute approximate surface area is 127 Å². The second-order valence-electron chi connectivity index (χ2n) is 3.86. The van der Waals surface area contributed by atoms with Crippen LogP contribution in [-0.2, 0) is 23.1 Å². The Morgan fingerprint density at radius 1 is 1.30 bits per heavy atom. The van der Waals surface area contributed by atoms with Gasteiger partial charge in [-0.15, -0.1) is 0 Å². The van der Waals surface area contributed by atoms with Crippen LogP contribution in [0.3, 0.4) is 0 Å². The molecular weight excluding hydrogens is 347 g/mol. The van der Waals surface area contributed by atoms with Crippen LogP contribution in [0.25, 0.3) is 0 Å². The van der Waals surface area contributed by atoms with E-state index in [1.165, 1.54) is 7.11 Å². The van der Waals surface area contributed by atoms with E-state index in [1.54, 1.807) is 32.0 Å². The molecule has 1 atom stereocenters. The molecule has 20 heavy (non-hydrogen) atoms. The number of esters is 1. The van der Waals surface area contributed by atoms with Crippen molar-refractivity contribution in [3.63, 3.8) is 0 Å². The van der Waals surface area contributed by atoms with E-state index in [2.05, 4.69) is 15.9 Å². The Hall–Kier alpha value is -0.680. The lowest BCUT2D eigenvalue weighted by Gasteiger charge is -2.24. The summed E-state index contributed by atoms with van der Waals surface area (Å²) in [5, 5.41) is 0. The number of carbonyl (C=O) groups excluding carboxylic acids is 1. The van der Waals surface area contributed by atoms with Crippen LogP contribution in [0.1, 0.15) is 25.1 Å². The van der Waals surface area contributed by atoms with E-state index in [1.807, 2.05) is 6.07 Å². The lowest BCUT2D eigenvalue weighted by atomic mass is 10.1. The van der Waals surface area contributed by atoms with Crippen molar-refractivity contribution >= 4 is 29.5 Å². The van der Waals surface area contributed by atoms with Crippen LogP contribution in [0.5, 0.6) is 0 Å². The van der Waals surface area contributed by atoms with Gasteiger partial charge in [0.1, 0.15) is 0 Å². The highest BCUT2D eigenvalue weighted by atomic mass is 79.9. The first-order valence-corrected chi connectivity index (χ1v) is 8.61. The number of benzene rings is 1. The van der Waals surface area contributed by atoms with Gasteiger partial charge < -0.3 is 13.8 Å². The largest absolute Gasteiger partial charge is 0.468 e. The molecule has 1 aromatic carbocycles. The zero-order chi connectivity index (χ0) is 15.2. The molecule has 0 fully saturated rings. The van der Waals surface area contributed by atoms with Crippen LogP contribution in [0.2, 0.25) is 0 Å². The third-order valence-corrected chi connectivity index (χ3v) is 5.39. The van der Waals surface area contributed by atoms with E-state index in [0.29, 0.717) is 5.56 Å². The van der Waals surface area contributed by atoms with Gasteiger partial charge in [-0.1, -0.05) is 28.1 Å². The minimum Gasteiger partial charge on any atom is -0.468 e. The standard InChI is InChI=1S/C13H18BrO5P/c1-4-18-20(16,19-5-2)12(13(15)17-3)10-7-6-8-11(14)9-10/h6-9,12H,4-5H2,1-3H3. The summed E-state index contributed by atoms with van der Waals surface area (Å²) in [5.74, 6) is -0.645. The minimum atomic E-state index is -3.64. The molecule has 0 aliphatic heterocycles. The van der Waals surface area contributed by atoms with Crippen molar-refractivity contribution in [1.82, 2.24) is 0 Å². The second kappa shape index (κ2) is 7.93. The van der Waals surface area contributed by atoms with Crippen molar-refractivity contribution in [2.24, 2.45) is 0 Å². The average molecular weight is 365 g/mol. The summed E-state index contributed by atoms with van der Waals surface area (Å²) in [7, 11) is -2.39. The molecule has 7 heteroatoms. The Kier molecular flexibility index (Phi) is 6.89. The molecule has 0 saturated heterocycles. The van der Waals surface area contributed by atoms with Gasteiger partial charge in [0.25, 0.3) is 0 Å². The first kappa shape index (κ1) is 17.4. The van der Waals surface area contributed by atoms with Crippen molar-refractivity contribution in [3.05, 3.63) is 34.3 Å². The first-order chi connectivity index (χ1) is 9.48. The molecule has 1 rings (SSSR count). The van der Waals surface area contributed by atoms with E-state index < -0.39 is 19.2 Å². The third kappa shape index (κ3) is 4.16. The fourth-order valence-corrected chi connectivity index (χ4v) is 4.18. The van der Waals surface area contributed by atoms with E-state index in [9.17, 15) is 9.36 Å². The van der Waals surface area contributed by atoms with Crippen LogP contribution in [0.4, 0.5) is 0 Å². The maximum atomic E-state index is 12.9. The smallest absolute Gasteiger partial charge is 0.349 e. The molecule has 1 aromatic rings. The molecule has 0 aliphatic rings. The van der Waals surface area contributed by atoms with Crippen LogP contribution in [0.15, 0.2) is 28.7 Å². The summed E-state index contributed by atoms with van der Waals surface area (Å²) >= 11 is 3.32. The summed E-state index contributed by atoms with van der Waals surface area (Å²) in [4.78, 5) is 12.1. The van der Waals surface area contributed by atoms with Gasteiger partial charge in [0, 0.05) is 4.47 Å². The van der Waals surface area contributed by atoms with Gasteiger partial charge in [-0.25, -0.2) is 0 Å². The normalized spacial score (nSPS) is 13.0. The molecule has 0 heterocycles. The van der Waals surface area contributed by atoms with Crippen LogP contribution in [0, 0.1) is 0 Å². The molecular formula is C13H18BrO5P. The molecule has 0 spiro atoms. The van der Waals surface area contributed by atoms with Crippen molar-refractivity contribution in [1.29, 1.82) is 0 Å². The highest BCUT2D eigenvalue weighted by molar-refractivity contribution is 9.10. The zero-order valence-corrected chi connectivity index (χ0v) is 14.1. The first-order valence-electron chi connectivity index (χ1n) is 6.20.